The Morgan fingerprint density at radius 3 is 2.63 bits per heavy atom. The van der Waals surface area contributed by atoms with E-state index in [4.69, 9.17) is 16.3 Å². The Balaban J connectivity index is 1.76. The fourth-order valence-corrected chi connectivity index (χ4v) is 2.48. The Hall–Kier alpha value is -1.22. The second kappa shape index (κ2) is 6.29. The SMILES string of the molecule is CCC(NC(=O)COc1ccc(Cl)cc1)C1CC1C. The van der Waals surface area contributed by atoms with E-state index >= 15 is 0 Å². The summed E-state index contributed by atoms with van der Waals surface area (Å²) in [5.41, 5.74) is 0. The first kappa shape index (κ1) is 14.2. The Kier molecular flexibility index (Phi) is 4.70. The van der Waals surface area contributed by atoms with Gasteiger partial charge in [0.2, 0.25) is 0 Å². The number of rotatable bonds is 6. The van der Waals surface area contributed by atoms with Gasteiger partial charge in [-0.25, -0.2) is 0 Å². The number of nitrogens with one attached hydrogen (secondary N) is 1. The van der Waals surface area contributed by atoms with Gasteiger partial charge in [-0.2, -0.15) is 0 Å². The van der Waals surface area contributed by atoms with Gasteiger partial charge in [-0.1, -0.05) is 25.4 Å². The molecule has 104 valence electrons. The molecule has 0 heterocycles. The molecule has 0 radical (unpaired) electrons. The normalized spacial score (nSPS) is 22.7. The molecule has 1 amide bonds. The van der Waals surface area contributed by atoms with Gasteiger partial charge < -0.3 is 10.1 Å². The van der Waals surface area contributed by atoms with Crippen LogP contribution in [0.25, 0.3) is 0 Å². The minimum atomic E-state index is -0.0547. The summed E-state index contributed by atoms with van der Waals surface area (Å²) in [5, 5.41) is 3.71. The molecule has 0 spiro atoms. The Morgan fingerprint density at radius 1 is 1.47 bits per heavy atom. The van der Waals surface area contributed by atoms with Crippen molar-refractivity contribution in [2.24, 2.45) is 11.8 Å². The van der Waals surface area contributed by atoms with Gasteiger partial charge in [-0.15, -0.1) is 0 Å². The van der Waals surface area contributed by atoms with Crippen molar-refractivity contribution in [3.05, 3.63) is 29.3 Å². The van der Waals surface area contributed by atoms with Gasteiger partial charge in [0.1, 0.15) is 5.75 Å². The average molecular weight is 282 g/mol. The molecule has 1 N–H and O–H groups in total. The molecule has 1 aromatic carbocycles. The van der Waals surface area contributed by atoms with Crippen molar-refractivity contribution in [3.8, 4) is 5.75 Å². The van der Waals surface area contributed by atoms with Crippen LogP contribution in [0.2, 0.25) is 5.02 Å². The van der Waals surface area contributed by atoms with Crippen LogP contribution < -0.4 is 10.1 Å². The van der Waals surface area contributed by atoms with Gasteiger partial charge in [0.25, 0.3) is 5.91 Å². The molecule has 1 aliphatic carbocycles. The Labute approximate surface area is 119 Å². The first-order valence-electron chi connectivity index (χ1n) is 6.78. The van der Waals surface area contributed by atoms with Gasteiger partial charge in [0, 0.05) is 11.1 Å². The molecule has 19 heavy (non-hydrogen) atoms. The predicted molar refractivity (Wildman–Crippen MR) is 76.4 cm³/mol. The van der Waals surface area contributed by atoms with E-state index in [9.17, 15) is 4.79 Å². The summed E-state index contributed by atoms with van der Waals surface area (Å²) in [6.45, 7) is 4.39. The molecule has 1 aromatic rings. The van der Waals surface area contributed by atoms with E-state index in [2.05, 4.69) is 19.2 Å². The van der Waals surface area contributed by atoms with Gasteiger partial charge in [0.05, 0.1) is 0 Å². The van der Waals surface area contributed by atoms with Crippen molar-refractivity contribution >= 4 is 17.5 Å². The number of carbonyl (C=O) groups is 1. The largest absolute Gasteiger partial charge is 0.484 e. The summed E-state index contributed by atoms with van der Waals surface area (Å²) in [6, 6.07) is 7.30. The molecule has 0 aromatic heterocycles. The zero-order valence-corrected chi connectivity index (χ0v) is 12.1. The third kappa shape index (κ3) is 4.13. The number of hydrogen-bond donors (Lipinski definition) is 1. The number of carbonyl (C=O) groups excluding carboxylic acids is 1. The lowest BCUT2D eigenvalue weighted by Crippen LogP contribution is -2.39. The summed E-state index contributed by atoms with van der Waals surface area (Å²) in [4.78, 5) is 11.8. The molecule has 2 rings (SSSR count). The highest BCUT2D eigenvalue weighted by atomic mass is 35.5. The van der Waals surface area contributed by atoms with Crippen LogP contribution in [0.5, 0.6) is 5.75 Å². The first-order valence-corrected chi connectivity index (χ1v) is 7.15. The molecule has 0 aliphatic heterocycles. The number of amides is 1. The quantitative estimate of drug-likeness (QED) is 0.869. The van der Waals surface area contributed by atoms with Gasteiger partial charge in [0.15, 0.2) is 6.61 Å². The lowest BCUT2D eigenvalue weighted by atomic mass is 10.1. The van der Waals surface area contributed by atoms with Gasteiger partial charge in [-0.05, 0) is 48.9 Å². The smallest absolute Gasteiger partial charge is 0.258 e. The molecule has 3 nitrogen and oxygen atoms in total. The highest BCUT2D eigenvalue weighted by molar-refractivity contribution is 6.30. The molecule has 4 heteroatoms. The lowest BCUT2D eigenvalue weighted by Gasteiger charge is -2.17. The molecule has 0 saturated heterocycles. The van der Waals surface area contributed by atoms with Crippen molar-refractivity contribution in [2.45, 2.75) is 32.7 Å². The highest BCUT2D eigenvalue weighted by Crippen LogP contribution is 2.41. The third-order valence-electron chi connectivity index (χ3n) is 3.66. The maximum absolute atomic E-state index is 11.8. The minimum Gasteiger partial charge on any atom is -0.484 e. The van der Waals surface area contributed by atoms with E-state index in [1.54, 1.807) is 24.3 Å². The Bertz CT molecular complexity index is 432. The molecule has 1 aliphatic rings. The van der Waals surface area contributed by atoms with E-state index in [1.165, 1.54) is 6.42 Å². The van der Waals surface area contributed by atoms with E-state index in [-0.39, 0.29) is 18.6 Å². The summed E-state index contributed by atoms with van der Waals surface area (Å²) < 4.78 is 5.42. The van der Waals surface area contributed by atoms with Crippen LogP contribution in [0.15, 0.2) is 24.3 Å². The summed E-state index contributed by atoms with van der Waals surface area (Å²) in [6.07, 6.45) is 2.19. The Morgan fingerprint density at radius 2 is 2.11 bits per heavy atom. The molecule has 1 fully saturated rings. The zero-order valence-electron chi connectivity index (χ0n) is 11.4. The van der Waals surface area contributed by atoms with Crippen molar-refractivity contribution in [3.63, 3.8) is 0 Å². The fourth-order valence-electron chi connectivity index (χ4n) is 2.35. The average Bonchev–Trinajstić information content (AvgIpc) is 3.12. The van der Waals surface area contributed by atoms with Crippen molar-refractivity contribution in [2.75, 3.05) is 6.61 Å². The third-order valence-corrected chi connectivity index (χ3v) is 3.91. The number of halogens is 1. The van der Waals surface area contributed by atoms with E-state index in [0.29, 0.717) is 16.7 Å². The van der Waals surface area contributed by atoms with Crippen LogP contribution in [-0.2, 0) is 4.79 Å². The first-order chi connectivity index (χ1) is 9.10. The zero-order chi connectivity index (χ0) is 13.8. The highest BCUT2D eigenvalue weighted by Gasteiger charge is 2.39. The fraction of sp³-hybridized carbons (Fsp3) is 0.533. The maximum atomic E-state index is 11.8. The number of hydrogen-bond acceptors (Lipinski definition) is 2. The van der Waals surface area contributed by atoms with E-state index < -0.39 is 0 Å². The molecule has 3 unspecified atom stereocenters. The number of ether oxygens (including phenoxy) is 1. The standard InChI is InChI=1S/C15H20ClNO2/c1-3-14(13-8-10(13)2)17-15(18)9-19-12-6-4-11(16)5-7-12/h4-7,10,13-14H,3,8-9H2,1-2H3,(H,17,18). The molecule has 1 saturated carbocycles. The molecule has 3 atom stereocenters. The van der Waals surface area contributed by atoms with Crippen molar-refractivity contribution in [1.29, 1.82) is 0 Å². The van der Waals surface area contributed by atoms with Crippen molar-refractivity contribution < 1.29 is 9.53 Å². The monoisotopic (exact) mass is 281 g/mol. The van der Waals surface area contributed by atoms with Crippen LogP contribution in [0.1, 0.15) is 26.7 Å². The molecular weight excluding hydrogens is 262 g/mol. The molecular formula is C15H20ClNO2. The van der Waals surface area contributed by atoms with Crippen LogP contribution in [0, 0.1) is 11.8 Å². The predicted octanol–water partition coefficient (Wildman–Crippen LogP) is 3.27. The van der Waals surface area contributed by atoms with Crippen LogP contribution in [0.3, 0.4) is 0 Å². The minimum absolute atomic E-state index is 0.0547. The van der Waals surface area contributed by atoms with Gasteiger partial charge >= 0.3 is 0 Å². The number of benzene rings is 1. The summed E-state index contributed by atoms with van der Waals surface area (Å²) >= 11 is 5.78. The lowest BCUT2D eigenvalue weighted by molar-refractivity contribution is -0.124. The van der Waals surface area contributed by atoms with Crippen molar-refractivity contribution in [1.82, 2.24) is 5.32 Å². The molecule has 0 bridgehead atoms. The second-order valence-electron chi connectivity index (χ2n) is 5.20. The van der Waals surface area contributed by atoms with Gasteiger partial charge in [-0.3, -0.25) is 4.79 Å². The summed E-state index contributed by atoms with van der Waals surface area (Å²) in [5.74, 6) is 1.99. The van der Waals surface area contributed by atoms with Crippen LogP contribution in [0.4, 0.5) is 0 Å². The van der Waals surface area contributed by atoms with E-state index in [0.717, 1.165) is 12.3 Å². The van der Waals surface area contributed by atoms with Crippen LogP contribution in [-0.4, -0.2) is 18.6 Å². The topological polar surface area (TPSA) is 38.3 Å². The van der Waals surface area contributed by atoms with E-state index in [1.807, 2.05) is 0 Å². The summed E-state index contributed by atoms with van der Waals surface area (Å²) in [7, 11) is 0. The van der Waals surface area contributed by atoms with Crippen LogP contribution >= 0.6 is 11.6 Å². The second-order valence-corrected chi connectivity index (χ2v) is 5.64. The maximum Gasteiger partial charge on any atom is 0.258 e.